The van der Waals surface area contributed by atoms with Crippen LogP contribution in [0.4, 0.5) is 5.69 Å². The van der Waals surface area contributed by atoms with Gasteiger partial charge in [0.2, 0.25) is 0 Å². The standard InChI is InChI=1S/C24H23Cl2N3O3/c1-2-31-23-13-18(5-12-22(23)32-16-17-3-6-19(25)7-4-17)14-28-29-24(30)15-27-21-10-8-20(26)9-11-21/h3-14,27H,2,15-16H2,1H3,(H,29,30)/b28-14-. The summed E-state index contributed by atoms with van der Waals surface area (Å²) >= 11 is 11.8. The number of ether oxygens (including phenoxy) is 2. The van der Waals surface area contributed by atoms with Crippen molar-refractivity contribution in [2.75, 3.05) is 18.5 Å². The molecule has 3 rings (SSSR count). The normalized spacial score (nSPS) is 10.7. The van der Waals surface area contributed by atoms with E-state index < -0.39 is 0 Å². The van der Waals surface area contributed by atoms with Crippen LogP contribution in [0, 0.1) is 0 Å². The first-order chi connectivity index (χ1) is 15.5. The molecule has 3 aromatic rings. The molecule has 1 amide bonds. The molecule has 0 bridgehead atoms. The van der Waals surface area contributed by atoms with E-state index in [9.17, 15) is 4.79 Å². The van der Waals surface area contributed by atoms with Crippen molar-refractivity contribution in [2.24, 2.45) is 5.10 Å². The zero-order valence-corrected chi connectivity index (χ0v) is 19.0. The molecule has 0 aliphatic heterocycles. The average Bonchev–Trinajstić information content (AvgIpc) is 2.79. The summed E-state index contributed by atoms with van der Waals surface area (Å²) < 4.78 is 11.6. The number of hydrogen-bond donors (Lipinski definition) is 2. The average molecular weight is 472 g/mol. The number of carbonyl (C=O) groups is 1. The van der Waals surface area contributed by atoms with Gasteiger partial charge in [0.15, 0.2) is 11.5 Å². The van der Waals surface area contributed by atoms with Gasteiger partial charge in [-0.1, -0.05) is 35.3 Å². The highest BCUT2D eigenvalue weighted by Gasteiger charge is 2.07. The Morgan fingerprint density at radius 3 is 2.31 bits per heavy atom. The Kier molecular flexibility index (Phi) is 8.78. The number of nitrogens with one attached hydrogen (secondary N) is 2. The van der Waals surface area contributed by atoms with Crippen molar-refractivity contribution in [3.63, 3.8) is 0 Å². The zero-order valence-electron chi connectivity index (χ0n) is 17.5. The van der Waals surface area contributed by atoms with Gasteiger partial charge in [0.05, 0.1) is 19.4 Å². The summed E-state index contributed by atoms with van der Waals surface area (Å²) in [6.45, 7) is 2.87. The first-order valence-electron chi connectivity index (χ1n) is 9.99. The zero-order chi connectivity index (χ0) is 22.8. The van der Waals surface area contributed by atoms with E-state index in [1.54, 1.807) is 30.5 Å². The van der Waals surface area contributed by atoms with Crippen LogP contribution >= 0.6 is 23.2 Å². The Morgan fingerprint density at radius 1 is 0.938 bits per heavy atom. The summed E-state index contributed by atoms with van der Waals surface area (Å²) in [5, 5.41) is 8.32. The quantitative estimate of drug-likeness (QED) is 0.301. The maximum Gasteiger partial charge on any atom is 0.259 e. The second-order valence-electron chi connectivity index (χ2n) is 6.71. The van der Waals surface area contributed by atoms with Crippen LogP contribution in [0.3, 0.4) is 0 Å². The van der Waals surface area contributed by atoms with Crippen molar-refractivity contribution in [2.45, 2.75) is 13.5 Å². The van der Waals surface area contributed by atoms with Crippen LogP contribution in [0.5, 0.6) is 11.5 Å². The summed E-state index contributed by atoms with van der Waals surface area (Å²) in [5.74, 6) is 0.945. The Morgan fingerprint density at radius 2 is 1.62 bits per heavy atom. The second kappa shape index (κ2) is 12.0. The molecule has 8 heteroatoms. The molecular weight excluding hydrogens is 449 g/mol. The highest BCUT2D eigenvalue weighted by atomic mass is 35.5. The molecule has 0 heterocycles. The van der Waals surface area contributed by atoms with E-state index in [0.29, 0.717) is 34.8 Å². The van der Waals surface area contributed by atoms with Crippen LogP contribution in [-0.2, 0) is 11.4 Å². The van der Waals surface area contributed by atoms with Crippen molar-refractivity contribution in [3.8, 4) is 11.5 Å². The number of nitrogens with zero attached hydrogens (tertiary/aromatic N) is 1. The monoisotopic (exact) mass is 471 g/mol. The van der Waals surface area contributed by atoms with Gasteiger partial charge in [-0.3, -0.25) is 4.79 Å². The van der Waals surface area contributed by atoms with E-state index in [1.165, 1.54) is 0 Å². The predicted molar refractivity (Wildman–Crippen MR) is 129 cm³/mol. The highest BCUT2D eigenvalue weighted by Crippen LogP contribution is 2.29. The Labute approximate surface area is 197 Å². The van der Waals surface area contributed by atoms with Gasteiger partial charge in [0.25, 0.3) is 5.91 Å². The van der Waals surface area contributed by atoms with Crippen LogP contribution in [0.1, 0.15) is 18.1 Å². The van der Waals surface area contributed by atoms with E-state index in [0.717, 1.165) is 16.8 Å². The number of carbonyl (C=O) groups excluding carboxylic acids is 1. The van der Waals surface area contributed by atoms with Crippen molar-refractivity contribution in [3.05, 3.63) is 87.9 Å². The Hall–Kier alpha value is -3.22. The molecule has 0 saturated carbocycles. The minimum atomic E-state index is -0.274. The smallest absolute Gasteiger partial charge is 0.259 e. The molecule has 6 nitrogen and oxygen atoms in total. The molecule has 3 aromatic carbocycles. The highest BCUT2D eigenvalue weighted by molar-refractivity contribution is 6.30. The summed E-state index contributed by atoms with van der Waals surface area (Å²) in [4.78, 5) is 12.0. The molecule has 0 radical (unpaired) electrons. The molecule has 0 aliphatic carbocycles. The third-order valence-corrected chi connectivity index (χ3v) is 4.78. The van der Waals surface area contributed by atoms with Crippen molar-refractivity contribution in [1.29, 1.82) is 0 Å². The van der Waals surface area contributed by atoms with Crippen molar-refractivity contribution >= 4 is 41.0 Å². The maximum atomic E-state index is 12.0. The molecule has 166 valence electrons. The summed E-state index contributed by atoms with van der Waals surface area (Å²) in [5.41, 5.74) is 5.04. The van der Waals surface area contributed by atoms with Crippen LogP contribution in [0.15, 0.2) is 71.8 Å². The van der Waals surface area contributed by atoms with Crippen LogP contribution in [0.2, 0.25) is 10.0 Å². The lowest BCUT2D eigenvalue weighted by atomic mass is 10.2. The number of hydrazone groups is 1. The third-order valence-electron chi connectivity index (χ3n) is 4.28. The van der Waals surface area contributed by atoms with Gasteiger partial charge in [-0.15, -0.1) is 0 Å². The second-order valence-corrected chi connectivity index (χ2v) is 7.58. The van der Waals surface area contributed by atoms with Gasteiger partial charge in [0, 0.05) is 15.7 Å². The molecule has 0 atom stereocenters. The first-order valence-corrected chi connectivity index (χ1v) is 10.7. The number of benzene rings is 3. The SMILES string of the molecule is CCOc1cc(/C=N\NC(=O)CNc2ccc(Cl)cc2)ccc1OCc1ccc(Cl)cc1. The molecule has 0 aliphatic rings. The molecule has 0 fully saturated rings. The van der Waals surface area contributed by atoms with Crippen molar-refractivity contribution in [1.82, 2.24) is 5.43 Å². The van der Waals surface area contributed by atoms with Crippen LogP contribution in [0.25, 0.3) is 0 Å². The van der Waals surface area contributed by atoms with E-state index in [-0.39, 0.29) is 12.5 Å². The lowest BCUT2D eigenvalue weighted by Gasteiger charge is -2.12. The minimum absolute atomic E-state index is 0.0840. The van der Waals surface area contributed by atoms with E-state index in [1.807, 2.05) is 49.4 Å². The van der Waals surface area contributed by atoms with E-state index in [2.05, 4.69) is 15.8 Å². The van der Waals surface area contributed by atoms with E-state index >= 15 is 0 Å². The van der Waals surface area contributed by atoms with Crippen molar-refractivity contribution < 1.29 is 14.3 Å². The lowest BCUT2D eigenvalue weighted by Crippen LogP contribution is -2.25. The van der Waals surface area contributed by atoms with Gasteiger partial charge < -0.3 is 14.8 Å². The summed E-state index contributed by atoms with van der Waals surface area (Å²) in [6, 6.07) is 20.0. The topological polar surface area (TPSA) is 72.0 Å². The van der Waals surface area contributed by atoms with E-state index in [4.69, 9.17) is 32.7 Å². The third kappa shape index (κ3) is 7.48. The molecular formula is C24H23Cl2N3O3. The Bertz CT molecular complexity index is 1060. The van der Waals surface area contributed by atoms with Crippen LogP contribution < -0.4 is 20.2 Å². The van der Waals surface area contributed by atoms with Gasteiger partial charge in [0.1, 0.15) is 6.61 Å². The number of rotatable bonds is 10. The Balaban J connectivity index is 1.54. The predicted octanol–water partition coefficient (Wildman–Crippen LogP) is 5.53. The fourth-order valence-corrected chi connectivity index (χ4v) is 2.95. The fourth-order valence-electron chi connectivity index (χ4n) is 2.70. The number of amides is 1. The molecule has 0 saturated heterocycles. The maximum absolute atomic E-state index is 12.0. The molecule has 32 heavy (non-hydrogen) atoms. The van der Waals surface area contributed by atoms with Gasteiger partial charge >= 0.3 is 0 Å². The largest absolute Gasteiger partial charge is 0.490 e. The summed E-state index contributed by atoms with van der Waals surface area (Å²) in [6.07, 6.45) is 1.55. The first kappa shape index (κ1) is 23.4. The van der Waals surface area contributed by atoms with Gasteiger partial charge in [-0.25, -0.2) is 5.43 Å². The van der Waals surface area contributed by atoms with Gasteiger partial charge in [-0.05, 0) is 72.6 Å². The number of anilines is 1. The van der Waals surface area contributed by atoms with Gasteiger partial charge in [-0.2, -0.15) is 5.10 Å². The molecule has 0 aromatic heterocycles. The minimum Gasteiger partial charge on any atom is -0.490 e. The fraction of sp³-hybridized carbons (Fsp3) is 0.167. The molecule has 0 unspecified atom stereocenters. The van der Waals surface area contributed by atoms with Crippen LogP contribution in [-0.4, -0.2) is 25.3 Å². The molecule has 0 spiro atoms. The molecule has 2 N–H and O–H groups in total. The summed E-state index contributed by atoms with van der Waals surface area (Å²) in [7, 11) is 0. The lowest BCUT2D eigenvalue weighted by molar-refractivity contribution is -0.119. The number of hydrogen-bond acceptors (Lipinski definition) is 5. The number of halogens is 2.